The number of hydrogen-bond acceptors (Lipinski definition) is 7. The molecule has 1 fully saturated rings. The normalized spacial score (nSPS) is 16.9. The van der Waals surface area contributed by atoms with Crippen LogP contribution in [0.3, 0.4) is 0 Å². The number of nitrogens with zero attached hydrogens (tertiary/aromatic N) is 3. The Bertz CT molecular complexity index is 1270. The summed E-state index contributed by atoms with van der Waals surface area (Å²) in [5.41, 5.74) is 2.68. The van der Waals surface area contributed by atoms with Gasteiger partial charge in [0.05, 0.1) is 29.1 Å². The number of hydrogen-bond donors (Lipinski definition) is 0. The third-order valence-electron chi connectivity index (χ3n) is 6.13. The Balaban J connectivity index is 1.39. The molecule has 2 aromatic heterocycles. The van der Waals surface area contributed by atoms with Gasteiger partial charge in [-0.3, -0.25) is 0 Å². The van der Waals surface area contributed by atoms with E-state index in [9.17, 15) is 13.2 Å². The van der Waals surface area contributed by atoms with Crippen LogP contribution in [0.1, 0.15) is 45.7 Å². The van der Waals surface area contributed by atoms with E-state index in [1.807, 2.05) is 10.6 Å². The van der Waals surface area contributed by atoms with Crippen LogP contribution < -0.4 is 0 Å². The molecule has 0 saturated carbocycles. The number of thiophene rings is 1. The molecule has 0 N–H and O–H groups in total. The third kappa shape index (κ3) is 4.32. The van der Waals surface area contributed by atoms with Gasteiger partial charge in [-0.05, 0) is 55.5 Å². The first-order valence-corrected chi connectivity index (χ1v) is 13.6. The van der Waals surface area contributed by atoms with Gasteiger partial charge in [0.1, 0.15) is 17.3 Å². The SMILES string of the molecule is CCCn1c(COC(=O)c2cc3c(s2)CCC3)nc2cc(S(=O)(=O)N3CCOCC3)ccc21. The number of carbonyl (C=O) groups is 1. The van der Waals surface area contributed by atoms with Gasteiger partial charge in [-0.1, -0.05) is 6.92 Å². The summed E-state index contributed by atoms with van der Waals surface area (Å²) >= 11 is 1.52. The van der Waals surface area contributed by atoms with Crippen molar-refractivity contribution in [2.45, 2.75) is 50.7 Å². The first-order chi connectivity index (χ1) is 16.0. The van der Waals surface area contributed by atoms with Gasteiger partial charge >= 0.3 is 5.97 Å². The Kier molecular flexibility index (Phi) is 6.26. The van der Waals surface area contributed by atoms with E-state index >= 15 is 0 Å². The maximum Gasteiger partial charge on any atom is 0.348 e. The van der Waals surface area contributed by atoms with Gasteiger partial charge in [-0.2, -0.15) is 4.31 Å². The monoisotopic (exact) mass is 489 g/mol. The van der Waals surface area contributed by atoms with Crippen molar-refractivity contribution in [3.8, 4) is 0 Å². The number of fused-ring (bicyclic) bond motifs is 2. The van der Waals surface area contributed by atoms with E-state index in [1.165, 1.54) is 26.1 Å². The Morgan fingerprint density at radius 3 is 2.79 bits per heavy atom. The highest BCUT2D eigenvalue weighted by Gasteiger charge is 2.27. The van der Waals surface area contributed by atoms with Crippen LogP contribution in [-0.2, 0) is 45.5 Å². The Hall–Kier alpha value is -2.27. The molecule has 10 heteroatoms. The molecule has 2 aliphatic rings. The number of aromatic nitrogens is 2. The van der Waals surface area contributed by atoms with Gasteiger partial charge in [-0.15, -0.1) is 11.3 Å². The summed E-state index contributed by atoms with van der Waals surface area (Å²) in [6.45, 7) is 4.29. The molecule has 0 atom stereocenters. The second kappa shape index (κ2) is 9.17. The fraction of sp³-hybridized carbons (Fsp3) is 0.478. The molecule has 3 heterocycles. The summed E-state index contributed by atoms with van der Waals surface area (Å²) in [7, 11) is -3.61. The maximum absolute atomic E-state index is 13.0. The van der Waals surface area contributed by atoms with E-state index in [1.54, 1.807) is 18.2 Å². The van der Waals surface area contributed by atoms with Crippen molar-refractivity contribution in [3.05, 3.63) is 45.4 Å². The fourth-order valence-corrected chi connectivity index (χ4v) is 7.05. The summed E-state index contributed by atoms with van der Waals surface area (Å²) in [4.78, 5) is 19.4. The second-order valence-corrected chi connectivity index (χ2v) is 11.4. The van der Waals surface area contributed by atoms with Gasteiger partial charge in [0.25, 0.3) is 0 Å². The quantitative estimate of drug-likeness (QED) is 0.473. The minimum Gasteiger partial charge on any atom is -0.453 e. The predicted molar refractivity (Wildman–Crippen MR) is 125 cm³/mol. The van der Waals surface area contributed by atoms with Crippen molar-refractivity contribution in [3.63, 3.8) is 0 Å². The van der Waals surface area contributed by atoms with Gasteiger partial charge in [0.15, 0.2) is 0 Å². The van der Waals surface area contributed by atoms with E-state index in [0.29, 0.717) is 49.1 Å². The van der Waals surface area contributed by atoms with Crippen molar-refractivity contribution in [1.82, 2.24) is 13.9 Å². The van der Waals surface area contributed by atoms with Crippen LogP contribution in [0.2, 0.25) is 0 Å². The van der Waals surface area contributed by atoms with Crippen LogP contribution in [0.5, 0.6) is 0 Å². The minimum atomic E-state index is -3.61. The van der Waals surface area contributed by atoms with Crippen LogP contribution in [0.25, 0.3) is 11.0 Å². The van der Waals surface area contributed by atoms with Crippen LogP contribution in [0.15, 0.2) is 29.2 Å². The molecule has 33 heavy (non-hydrogen) atoms. The number of benzene rings is 1. The zero-order chi connectivity index (χ0) is 23.0. The number of aryl methyl sites for hydroxylation is 3. The molecule has 0 bridgehead atoms. The second-order valence-electron chi connectivity index (χ2n) is 8.34. The standard InChI is InChI=1S/C23H27N3O5S2/c1-2-8-26-19-7-6-17(33(28,29)25-9-11-30-12-10-25)14-18(19)24-22(26)15-31-23(27)21-13-16-4-3-5-20(16)32-21/h6-7,13-14H,2-5,8-12,15H2,1H3. The highest BCUT2D eigenvalue weighted by molar-refractivity contribution is 7.89. The third-order valence-corrected chi connectivity index (χ3v) is 9.25. The molecular weight excluding hydrogens is 462 g/mol. The maximum atomic E-state index is 13.0. The van der Waals surface area contributed by atoms with Crippen molar-refractivity contribution in [1.29, 1.82) is 0 Å². The van der Waals surface area contributed by atoms with Gasteiger partial charge in [-0.25, -0.2) is 18.2 Å². The Morgan fingerprint density at radius 1 is 1.21 bits per heavy atom. The van der Waals surface area contributed by atoms with Crippen LogP contribution in [0.4, 0.5) is 0 Å². The topological polar surface area (TPSA) is 90.7 Å². The molecule has 1 aromatic carbocycles. The highest BCUT2D eigenvalue weighted by Crippen LogP contribution is 2.31. The van der Waals surface area contributed by atoms with Crippen LogP contribution in [-0.4, -0.2) is 54.5 Å². The van der Waals surface area contributed by atoms with Crippen molar-refractivity contribution < 1.29 is 22.7 Å². The number of ether oxygens (including phenoxy) is 2. The minimum absolute atomic E-state index is 0.0433. The van der Waals surface area contributed by atoms with Crippen molar-refractivity contribution in [2.24, 2.45) is 0 Å². The first-order valence-electron chi connectivity index (χ1n) is 11.3. The van der Waals surface area contributed by atoms with Crippen molar-refractivity contribution >= 4 is 38.4 Å². The lowest BCUT2D eigenvalue weighted by molar-refractivity contribution is 0.0464. The molecule has 1 saturated heterocycles. The molecule has 1 aliphatic heterocycles. The number of imidazole rings is 1. The summed E-state index contributed by atoms with van der Waals surface area (Å²) in [6.07, 6.45) is 4.09. The van der Waals surface area contributed by atoms with E-state index in [2.05, 4.69) is 11.9 Å². The Labute approximate surface area is 197 Å². The fourth-order valence-electron chi connectivity index (χ4n) is 4.47. The lowest BCUT2D eigenvalue weighted by Crippen LogP contribution is -2.40. The summed E-state index contributed by atoms with van der Waals surface area (Å²) < 4.78 is 40.4. The smallest absolute Gasteiger partial charge is 0.348 e. The molecule has 5 rings (SSSR count). The molecule has 0 spiro atoms. The number of carbonyl (C=O) groups excluding carboxylic acids is 1. The molecule has 1 aliphatic carbocycles. The molecule has 0 unspecified atom stereocenters. The highest BCUT2D eigenvalue weighted by atomic mass is 32.2. The first kappa shape index (κ1) is 22.5. The zero-order valence-electron chi connectivity index (χ0n) is 18.6. The predicted octanol–water partition coefficient (Wildman–Crippen LogP) is 3.37. The molecule has 0 amide bonds. The lowest BCUT2D eigenvalue weighted by atomic mass is 10.2. The number of rotatable bonds is 7. The number of morpholine rings is 1. The molecule has 176 valence electrons. The van der Waals surface area contributed by atoms with E-state index in [4.69, 9.17) is 9.47 Å². The lowest BCUT2D eigenvalue weighted by Gasteiger charge is -2.26. The molecule has 0 radical (unpaired) electrons. The van der Waals surface area contributed by atoms with E-state index < -0.39 is 10.0 Å². The molecule has 3 aromatic rings. The van der Waals surface area contributed by atoms with E-state index in [-0.39, 0.29) is 17.5 Å². The van der Waals surface area contributed by atoms with Gasteiger partial charge in [0.2, 0.25) is 10.0 Å². The number of sulfonamides is 1. The Morgan fingerprint density at radius 2 is 2.03 bits per heavy atom. The molecular formula is C23H27N3O5S2. The van der Waals surface area contributed by atoms with Gasteiger partial charge < -0.3 is 14.0 Å². The van der Waals surface area contributed by atoms with Crippen LogP contribution >= 0.6 is 11.3 Å². The summed E-state index contributed by atoms with van der Waals surface area (Å²) in [6, 6.07) is 6.99. The summed E-state index contributed by atoms with van der Waals surface area (Å²) in [5, 5.41) is 0. The largest absolute Gasteiger partial charge is 0.453 e. The average molecular weight is 490 g/mol. The van der Waals surface area contributed by atoms with Crippen LogP contribution in [0, 0.1) is 0 Å². The van der Waals surface area contributed by atoms with E-state index in [0.717, 1.165) is 31.2 Å². The summed E-state index contributed by atoms with van der Waals surface area (Å²) in [5.74, 6) is 0.283. The average Bonchev–Trinajstić information content (AvgIpc) is 3.52. The zero-order valence-corrected chi connectivity index (χ0v) is 20.2. The number of esters is 1. The van der Waals surface area contributed by atoms with Gasteiger partial charge in [0, 0.05) is 24.5 Å². The van der Waals surface area contributed by atoms with Crippen molar-refractivity contribution in [2.75, 3.05) is 26.3 Å². The molecule has 8 nitrogen and oxygen atoms in total.